The van der Waals surface area contributed by atoms with Crippen LogP contribution < -0.4 is 10.1 Å². The summed E-state index contributed by atoms with van der Waals surface area (Å²) in [6.07, 6.45) is 1.10. The molecule has 0 heterocycles. The molecule has 0 saturated carbocycles. The van der Waals surface area contributed by atoms with E-state index in [4.69, 9.17) is 9.84 Å². The first-order valence-corrected chi connectivity index (χ1v) is 7.95. The Bertz CT molecular complexity index is 459. The highest BCUT2D eigenvalue weighted by Crippen LogP contribution is 2.16. The minimum absolute atomic E-state index is 0.0389. The van der Waals surface area contributed by atoms with Gasteiger partial charge in [0.25, 0.3) is 0 Å². The maximum atomic E-state index is 11.7. The molecule has 0 atom stereocenters. The zero-order chi connectivity index (χ0) is 15.7. The lowest BCUT2D eigenvalue weighted by Gasteiger charge is -2.07. The lowest BCUT2D eigenvalue weighted by atomic mass is 10.2. The third-order valence-corrected chi connectivity index (χ3v) is 3.56. The number of carbonyl (C=O) groups is 2. The molecule has 0 bridgehead atoms. The minimum atomic E-state index is -1.02. The second-order valence-electron chi connectivity index (χ2n) is 4.99. The first-order chi connectivity index (χ1) is 9.97. The number of aliphatic carboxylic acids is 1. The number of anilines is 1. The van der Waals surface area contributed by atoms with Crippen LogP contribution in [0, 0.1) is 5.92 Å². The number of benzene rings is 1. The Balaban J connectivity index is 2.30. The standard InChI is InChI=1S/C15H21NO4S/c1-11(2)7-8-21-10-14(17)16-12-3-5-13(6-4-12)20-9-15(18)19/h3-6,11H,7-10H2,1-2H3,(H,16,17)(H,18,19). The molecule has 0 fully saturated rings. The predicted octanol–water partition coefficient (Wildman–Crippen LogP) is 2.87. The van der Waals surface area contributed by atoms with Crippen molar-refractivity contribution in [2.24, 2.45) is 5.92 Å². The molecule has 0 unspecified atom stereocenters. The van der Waals surface area contributed by atoms with Gasteiger partial charge in [-0.15, -0.1) is 0 Å². The van der Waals surface area contributed by atoms with Gasteiger partial charge in [-0.1, -0.05) is 13.8 Å². The SMILES string of the molecule is CC(C)CCSCC(=O)Nc1ccc(OCC(=O)O)cc1. The molecule has 0 aliphatic heterocycles. The molecule has 116 valence electrons. The Morgan fingerprint density at radius 1 is 1.29 bits per heavy atom. The Kier molecular flexibility index (Phi) is 7.68. The average Bonchev–Trinajstić information content (AvgIpc) is 2.42. The van der Waals surface area contributed by atoms with Gasteiger partial charge in [0.15, 0.2) is 6.61 Å². The van der Waals surface area contributed by atoms with Gasteiger partial charge in [-0.3, -0.25) is 4.79 Å². The smallest absolute Gasteiger partial charge is 0.341 e. The third-order valence-electron chi connectivity index (χ3n) is 2.57. The molecular weight excluding hydrogens is 290 g/mol. The lowest BCUT2D eigenvalue weighted by molar-refractivity contribution is -0.139. The van der Waals surface area contributed by atoms with Crippen molar-refractivity contribution in [3.63, 3.8) is 0 Å². The molecule has 1 rings (SSSR count). The largest absolute Gasteiger partial charge is 0.482 e. The summed E-state index contributed by atoms with van der Waals surface area (Å²) < 4.78 is 5.01. The highest BCUT2D eigenvalue weighted by Gasteiger charge is 2.04. The highest BCUT2D eigenvalue weighted by molar-refractivity contribution is 7.99. The van der Waals surface area contributed by atoms with Crippen molar-refractivity contribution in [1.29, 1.82) is 0 Å². The van der Waals surface area contributed by atoms with Crippen LogP contribution in [0.1, 0.15) is 20.3 Å². The molecule has 1 aromatic carbocycles. The van der Waals surface area contributed by atoms with E-state index in [1.807, 2.05) is 0 Å². The monoisotopic (exact) mass is 311 g/mol. The van der Waals surface area contributed by atoms with Crippen LogP contribution in [-0.2, 0) is 9.59 Å². The molecule has 5 nitrogen and oxygen atoms in total. The fourth-order valence-corrected chi connectivity index (χ4v) is 2.50. The summed E-state index contributed by atoms with van der Waals surface area (Å²) in [6, 6.07) is 6.64. The van der Waals surface area contributed by atoms with E-state index in [9.17, 15) is 9.59 Å². The highest BCUT2D eigenvalue weighted by atomic mass is 32.2. The lowest BCUT2D eigenvalue weighted by Crippen LogP contribution is -2.14. The molecule has 0 spiro atoms. The van der Waals surface area contributed by atoms with Crippen LogP contribution >= 0.6 is 11.8 Å². The summed E-state index contributed by atoms with van der Waals surface area (Å²) in [5.74, 6) is 1.46. The molecule has 1 aromatic rings. The molecule has 0 aliphatic rings. The third kappa shape index (κ3) is 8.24. The Hall–Kier alpha value is -1.69. The zero-order valence-corrected chi connectivity index (χ0v) is 13.1. The van der Waals surface area contributed by atoms with E-state index in [1.165, 1.54) is 0 Å². The van der Waals surface area contributed by atoms with Crippen molar-refractivity contribution in [1.82, 2.24) is 0 Å². The molecule has 2 N–H and O–H groups in total. The van der Waals surface area contributed by atoms with Crippen molar-refractivity contribution in [2.75, 3.05) is 23.4 Å². The number of hydrogen-bond acceptors (Lipinski definition) is 4. The first kappa shape index (κ1) is 17.4. The fraction of sp³-hybridized carbons (Fsp3) is 0.467. The van der Waals surface area contributed by atoms with Crippen LogP contribution in [0.5, 0.6) is 5.75 Å². The van der Waals surface area contributed by atoms with Crippen LogP contribution in [0.15, 0.2) is 24.3 Å². The van der Waals surface area contributed by atoms with Gasteiger partial charge in [0.05, 0.1) is 5.75 Å². The van der Waals surface area contributed by atoms with E-state index in [1.54, 1.807) is 36.0 Å². The molecule has 1 amide bonds. The molecule has 0 aliphatic carbocycles. The number of carboxylic acid groups (broad SMARTS) is 1. The Morgan fingerprint density at radius 3 is 2.52 bits per heavy atom. The van der Waals surface area contributed by atoms with Crippen LogP contribution in [0.25, 0.3) is 0 Å². The number of rotatable bonds is 9. The number of nitrogens with one attached hydrogen (secondary N) is 1. The van der Waals surface area contributed by atoms with Gasteiger partial charge in [0, 0.05) is 5.69 Å². The van der Waals surface area contributed by atoms with E-state index >= 15 is 0 Å². The van der Waals surface area contributed by atoms with E-state index in [0.29, 0.717) is 23.1 Å². The van der Waals surface area contributed by atoms with Crippen LogP contribution in [0.2, 0.25) is 0 Å². The maximum absolute atomic E-state index is 11.7. The van der Waals surface area contributed by atoms with Crippen LogP contribution in [-0.4, -0.2) is 35.1 Å². The number of hydrogen-bond donors (Lipinski definition) is 2. The Labute approximate surface area is 129 Å². The molecule has 0 aromatic heterocycles. The first-order valence-electron chi connectivity index (χ1n) is 6.79. The van der Waals surface area contributed by atoms with Gasteiger partial charge in [-0.25, -0.2) is 4.79 Å². The molecule has 21 heavy (non-hydrogen) atoms. The van der Waals surface area contributed by atoms with E-state index in [0.717, 1.165) is 12.2 Å². The van der Waals surface area contributed by atoms with Gasteiger partial charge in [-0.2, -0.15) is 11.8 Å². The number of amides is 1. The van der Waals surface area contributed by atoms with E-state index in [2.05, 4.69) is 19.2 Å². The summed E-state index contributed by atoms with van der Waals surface area (Å²) in [5, 5.41) is 11.3. The van der Waals surface area contributed by atoms with Crippen molar-refractivity contribution >= 4 is 29.3 Å². The van der Waals surface area contributed by atoms with Crippen LogP contribution in [0.4, 0.5) is 5.69 Å². The minimum Gasteiger partial charge on any atom is -0.482 e. The normalized spacial score (nSPS) is 10.4. The van der Waals surface area contributed by atoms with E-state index < -0.39 is 5.97 Å². The van der Waals surface area contributed by atoms with Gasteiger partial charge >= 0.3 is 5.97 Å². The quantitative estimate of drug-likeness (QED) is 0.686. The zero-order valence-electron chi connectivity index (χ0n) is 12.3. The number of carbonyl (C=O) groups excluding carboxylic acids is 1. The Morgan fingerprint density at radius 2 is 1.95 bits per heavy atom. The van der Waals surface area contributed by atoms with Gasteiger partial charge in [-0.05, 0) is 42.4 Å². The molecule has 6 heteroatoms. The number of carboxylic acids is 1. The second-order valence-corrected chi connectivity index (χ2v) is 6.10. The fourth-order valence-electron chi connectivity index (χ4n) is 1.46. The van der Waals surface area contributed by atoms with Crippen molar-refractivity contribution in [3.05, 3.63) is 24.3 Å². The number of thioether (sulfide) groups is 1. The van der Waals surface area contributed by atoms with Crippen molar-refractivity contribution in [3.8, 4) is 5.75 Å². The van der Waals surface area contributed by atoms with Crippen LogP contribution in [0.3, 0.4) is 0 Å². The molecule has 0 radical (unpaired) electrons. The van der Waals surface area contributed by atoms with Gasteiger partial charge in [0.2, 0.25) is 5.91 Å². The average molecular weight is 311 g/mol. The number of ether oxygens (including phenoxy) is 1. The summed E-state index contributed by atoms with van der Waals surface area (Å²) >= 11 is 1.62. The van der Waals surface area contributed by atoms with Gasteiger partial charge in [0.1, 0.15) is 5.75 Å². The summed E-state index contributed by atoms with van der Waals surface area (Å²) in [4.78, 5) is 22.1. The summed E-state index contributed by atoms with van der Waals surface area (Å²) in [6.45, 7) is 3.95. The van der Waals surface area contributed by atoms with E-state index in [-0.39, 0.29) is 12.5 Å². The molecule has 0 saturated heterocycles. The van der Waals surface area contributed by atoms with Crippen molar-refractivity contribution in [2.45, 2.75) is 20.3 Å². The summed E-state index contributed by atoms with van der Waals surface area (Å²) in [7, 11) is 0. The molecular formula is C15H21NO4S. The maximum Gasteiger partial charge on any atom is 0.341 e. The van der Waals surface area contributed by atoms with Crippen molar-refractivity contribution < 1.29 is 19.4 Å². The van der Waals surface area contributed by atoms with Gasteiger partial charge < -0.3 is 15.2 Å². The predicted molar refractivity (Wildman–Crippen MR) is 85.0 cm³/mol. The second kappa shape index (κ2) is 9.28. The summed E-state index contributed by atoms with van der Waals surface area (Å²) in [5.41, 5.74) is 0.673. The topological polar surface area (TPSA) is 75.6 Å².